The van der Waals surface area contributed by atoms with Gasteiger partial charge in [0.25, 0.3) is 5.91 Å². The first-order chi connectivity index (χ1) is 23.5. The summed E-state index contributed by atoms with van der Waals surface area (Å²) >= 11 is 0. The predicted octanol–water partition coefficient (Wildman–Crippen LogP) is 6.85. The van der Waals surface area contributed by atoms with Crippen LogP contribution in [0.5, 0.6) is 0 Å². The highest BCUT2D eigenvalue weighted by atomic mass is 16.2. The van der Waals surface area contributed by atoms with Crippen molar-refractivity contribution >= 4 is 28.3 Å². The molecule has 2 aromatic heterocycles. The van der Waals surface area contributed by atoms with Crippen molar-refractivity contribution in [1.82, 2.24) is 19.7 Å². The van der Waals surface area contributed by atoms with Crippen LogP contribution in [0.15, 0.2) is 122 Å². The van der Waals surface area contributed by atoms with E-state index in [1.807, 2.05) is 120 Å². The van der Waals surface area contributed by atoms with Crippen LogP contribution in [0.25, 0.3) is 27.8 Å². The Hall–Kier alpha value is -5.78. The molecule has 3 aliphatic rings. The van der Waals surface area contributed by atoms with Crippen molar-refractivity contribution in [3.05, 3.63) is 138 Å². The van der Waals surface area contributed by atoms with Crippen molar-refractivity contribution in [2.45, 2.75) is 30.3 Å². The van der Waals surface area contributed by atoms with Crippen LogP contribution in [0, 0.1) is 16.7 Å². The normalized spacial score (nSPS) is 24.7. The number of likely N-dealkylation sites (N-methyl/N-ethyl adjacent to an activating group) is 1. The Morgan fingerprint density at radius 1 is 0.938 bits per heavy atom. The molecule has 0 bridgehead atoms. The van der Waals surface area contributed by atoms with E-state index in [4.69, 9.17) is 5.10 Å². The molecule has 1 amide bonds. The summed E-state index contributed by atoms with van der Waals surface area (Å²) in [6.45, 7) is 0.590. The molecule has 0 radical (unpaired) electrons. The molecule has 2 fully saturated rings. The van der Waals surface area contributed by atoms with Crippen molar-refractivity contribution in [3.8, 4) is 23.0 Å². The number of rotatable bonds is 5. The molecule has 0 aliphatic carbocycles. The molecule has 3 aliphatic heterocycles. The third-order valence-corrected chi connectivity index (χ3v) is 10.9. The molecule has 8 nitrogen and oxygen atoms in total. The number of benzene rings is 4. The van der Waals surface area contributed by atoms with Gasteiger partial charge in [-0.05, 0) is 43.7 Å². The number of carbonyl (C=O) groups is 2. The van der Waals surface area contributed by atoms with Gasteiger partial charge in [-0.25, -0.2) is 4.68 Å². The standard InChI is InChI=1S/C40H32N6O2/c1-44-33-20-11-9-18-31(33)40(38(44)48)36(30-24-46(27-15-6-3-7-16-27)43-35(30)26-13-4-2-5-14-26)39(25-41,34-21-12-22-45(34)40)37(47)29-23-42-32-19-10-8-17-28(29)32/h2-11,13-20,23-24,34,36,42H,12,21-22H2,1H3/t34?,36-,39+,40+/m1/s1. The summed E-state index contributed by atoms with van der Waals surface area (Å²) in [6.07, 6.45) is 5.08. The van der Waals surface area contributed by atoms with Crippen LogP contribution in [0.4, 0.5) is 5.69 Å². The molecule has 1 N–H and O–H groups in total. The average Bonchev–Trinajstić information content (AvgIpc) is 3.96. The Labute approximate surface area is 277 Å². The zero-order chi connectivity index (χ0) is 32.6. The van der Waals surface area contributed by atoms with Gasteiger partial charge >= 0.3 is 0 Å². The zero-order valence-corrected chi connectivity index (χ0v) is 26.4. The SMILES string of the molecule is CN1C(=O)[C@]2(c3ccccc31)[C@H](c1cn(-c3ccccc3)nc1-c1ccccc1)[C@@](C#N)(C(=O)c1c[nH]c3ccccc13)C1CCCN12. The zero-order valence-electron chi connectivity index (χ0n) is 26.4. The van der Waals surface area contributed by atoms with Crippen LogP contribution in [0.2, 0.25) is 0 Å². The molecule has 1 spiro atoms. The van der Waals surface area contributed by atoms with Gasteiger partial charge in [-0.3, -0.25) is 14.5 Å². The second-order valence-corrected chi connectivity index (χ2v) is 13.1. The quantitative estimate of drug-likeness (QED) is 0.211. The molecule has 4 aromatic carbocycles. The van der Waals surface area contributed by atoms with Crippen LogP contribution in [0.3, 0.4) is 0 Å². The van der Waals surface area contributed by atoms with E-state index in [0.717, 1.165) is 39.8 Å². The number of fused-ring (bicyclic) bond motifs is 5. The van der Waals surface area contributed by atoms with Crippen molar-refractivity contribution in [1.29, 1.82) is 5.26 Å². The van der Waals surface area contributed by atoms with Crippen LogP contribution in [-0.2, 0) is 10.3 Å². The number of aromatic amines is 1. The predicted molar refractivity (Wildman–Crippen MR) is 184 cm³/mol. The number of aromatic nitrogens is 3. The summed E-state index contributed by atoms with van der Waals surface area (Å²) in [6, 6.07) is 37.4. The van der Waals surface area contributed by atoms with Gasteiger partial charge in [-0.1, -0.05) is 84.9 Å². The monoisotopic (exact) mass is 628 g/mol. The Morgan fingerprint density at radius 3 is 2.44 bits per heavy atom. The minimum absolute atomic E-state index is 0.129. The number of anilines is 1. The second kappa shape index (κ2) is 10.4. The summed E-state index contributed by atoms with van der Waals surface area (Å²) in [4.78, 5) is 37.9. The van der Waals surface area contributed by atoms with Crippen LogP contribution in [-0.4, -0.2) is 51.0 Å². The molecule has 234 valence electrons. The molecular formula is C40H32N6O2. The Morgan fingerprint density at radius 2 is 1.65 bits per heavy atom. The van der Waals surface area contributed by atoms with E-state index in [2.05, 4.69) is 16.0 Å². The highest BCUT2D eigenvalue weighted by molar-refractivity contribution is 6.15. The number of hydrogen-bond acceptors (Lipinski definition) is 5. The number of hydrogen-bond donors (Lipinski definition) is 1. The molecular weight excluding hydrogens is 596 g/mol. The number of Topliss-reactive ketones (excluding diaryl/α,β-unsaturated/α-hetero) is 1. The number of para-hydroxylation sites is 3. The van der Waals surface area contributed by atoms with Crippen molar-refractivity contribution < 1.29 is 9.59 Å². The fourth-order valence-electron chi connectivity index (χ4n) is 9.03. The number of amides is 1. The van der Waals surface area contributed by atoms with Crippen LogP contribution in [0.1, 0.15) is 40.2 Å². The first-order valence-corrected chi connectivity index (χ1v) is 16.4. The smallest absolute Gasteiger partial charge is 0.252 e. The highest BCUT2D eigenvalue weighted by Gasteiger charge is 2.77. The maximum atomic E-state index is 15.5. The molecule has 4 atom stereocenters. The number of ketones is 1. The molecule has 1 unspecified atom stereocenters. The van der Waals surface area contributed by atoms with E-state index >= 15 is 9.59 Å². The van der Waals surface area contributed by atoms with E-state index in [1.54, 1.807) is 18.1 Å². The lowest BCUT2D eigenvalue weighted by Crippen LogP contribution is -2.52. The van der Waals surface area contributed by atoms with Gasteiger partial charge < -0.3 is 9.88 Å². The largest absolute Gasteiger partial charge is 0.360 e. The fraction of sp³-hybridized carbons (Fsp3) is 0.200. The highest BCUT2D eigenvalue weighted by Crippen LogP contribution is 2.68. The molecule has 0 saturated carbocycles. The van der Waals surface area contributed by atoms with Gasteiger partial charge in [0.15, 0.2) is 5.78 Å². The van der Waals surface area contributed by atoms with Crippen LogP contribution >= 0.6 is 0 Å². The van der Waals surface area contributed by atoms with Gasteiger partial charge in [0.1, 0.15) is 11.0 Å². The Bertz CT molecular complexity index is 2290. The maximum absolute atomic E-state index is 15.5. The molecule has 6 aromatic rings. The molecule has 48 heavy (non-hydrogen) atoms. The number of H-pyrrole nitrogens is 1. The lowest BCUT2D eigenvalue weighted by molar-refractivity contribution is -0.129. The van der Waals surface area contributed by atoms with Gasteiger partial charge in [0, 0.05) is 70.2 Å². The van der Waals surface area contributed by atoms with Gasteiger partial charge in [-0.15, -0.1) is 0 Å². The fourth-order valence-corrected chi connectivity index (χ4v) is 9.03. The first-order valence-electron chi connectivity index (χ1n) is 16.4. The molecule has 2 saturated heterocycles. The van der Waals surface area contributed by atoms with Crippen molar-refractivity contribution in [2.75, 3.05) is 18.5 Å². The molecule has 9 rings (SSSR count). The summed E-state index contributed by atoms with van der Waals surface area (Å²) in [5, 5.41) is 17.6. The maximum Gasteiger partial charge on any atom is 0.252 e. The summed E-state index contributed by atoms with van der Waals surface area (Å²) < 4.78 is 1.82. The third-order valence-electron chi connectivity index (χ3n) is 10.9. The van der Waals surface area contributed by atoms with Gasteiger partial charge in [0.2, 0.25) is 0 Å². The van der Waals surface area contributed by atoms with E-state index in [1.165, 1.54) is 0 Å². The van der Waals surface area contributed by atoms with E-state index < -0.39 is 22.9 Å². The lowest BCUT2D eigenvalue weighted by Gasteiger charge is -2.39. The lowest BCUT2D eigenvalue weighted by atomic mass is 9.60. The van der Waals surface area contributed by atoms with Gasteiger partial charge in [-0.2, -0.15) is 10.4 Å². The van der Waals surface area contributed by atoms with Crippen molar-refractivity contribution in [3.63, 3.8) is 0 Å². The van der Waals surface area contributed by atoms with Crippen molar-refractivity contribution in [2.24, 2.45) is 5.41 Å². The first kappa shape index (κ1) is 28.4. The third kappa shape index (κ3) is 3.54. The van der Waals surface area contributed by atoms with Crippen LogP contribution < -0.4 is 4.90 Å². The summed E-state index contributed by atoms with van der Waals surface area (Å²) in [7, 11) is 1.80. The number of carbonyl (C=O) groups excluding carboxylic acids is 2. The number of nitriles is 1. The minimum Gasteiger partial charge on any atom is -0.360 e. The second-order valence-electron chi connectivity index (χ2n) is 13.1. The molecule has 5 heterocycles. The minimum atomic E-state index is -1.62. The topological polar surface area (TPSA) is 98.0 Å². The summed E-state index contributed by atoms with van der Waals surface area (Å²) in [5.41, 5.74) is 3.02. The van der Waals surface area contributed by atoms with Gasteiger partial charge in [0.05, 0.1) is 17.5 Å². The summed E-state index contributed by atoms with van der Waals surface area (Å²) in [5.74, 6) is -1.28. The van der Waals surface area contributed by atoms with E-state index in [-0.39, 0.29) is 11.7 Å². The van der Waals surface area contributed by atoms with E-state index in [9.17, 15) is 5.26 Å². The van der Waals surface area contributed by atoms with E-state index in [0.29, 0.717) is 29.8 Å². The molecule has 8 heteroatoms. The number of nitrogens with one attached hydrogen (secondary N) is 1. The number of nitrogens with zero attached hydrogens (tertiary/aromatic N) is 5. The Balaban J connectivity index is 1.41. The Kier molecular flexibility index (Phi) is 6.14. The average molecular weight is 629 g/mol.